The molecule has 0 aromatic heterocycles. The molecule has 3 N–H and O–H groups in total. The van der Waals surface area contributed by atoms with Crippen molar-refractivity contribution >= 4 is 11.4 Å². The Morgan fingerprint density at radius 2 is 1.73 bits per heavy atom. The van der Waals surface area contributed by atoms with Crippen LogP contribution in [0.5, 0.6) is 0 Å². The smallest absolute Gasteiger partial charge is 0.0603 e. The Hall–Kier alpha value is -1.18. The molecule has 0 aliphatic heterocycles. The Balaban J connectivity index is 3.29. The number of nitrogen functional groups attached to an aromatic ring is 1. The van der Waals surface area contributed by atoms with Crippen LogP contribution in [-0.4, -0.2) is 7.05 Å². The number of rotatable bonds is 1. The fourth-order valence-corrected chi connectivity index (χ4v) is 1.16. The summed E-state index contributed by atoms with van der Waals surface area (Å²) in [5.41, 5.74) is 10.0. The zero-order valence-electron chi connectivity index (χ0n) is 7.23. The van der Waals surface area contributed by atoms with Gasteiger partial charge in [-0.3, -0.25) is 0 Å². The van der Waals surface area contributed by atoms with Crippen molar-refractivity contribution in [1.29, 1.82) is 0 Å². The molecule has 11 heavy (non-hydrogen) atoms. The maximum absolute atomic E-state index is 5.83. The molecule has 1 aromatic carbocycles. The van der Waals surface area contributed by atoms with Crippen LogP contribution in [0.4, 0.5) is 11.4 Å². The van der Waals surface area contributed by atoms with Crippen molar-refractivity contribution in [2.24, 2.45) is 0 Å². The van der Waals surface area contributed by atoms with Crippen LogP contribution in [0.25, 0.3) is 0 Å². The van der Waals surface area contributed by atoms with Crippen LogP contribution in [0.2, 0.25) is 0 Å². The van der Waals surface area contributed by atoms with Gasteiger partial charge in [0.15, 0.2) is 0 Å². The summed E-state index contributed by atoms with van der Waals surface area (Å²) in [6.45, 7) is 4.05. The van der Waals surface area contributed by atoms with Crippen molar-refractivity contribution in [1.82, 2.24) is 0 Å². The van der Waals surface area contributed by atoms with E-state index in [9.17, 15) is 0 Å². The fourth-order valence-electron chi connectivity index (χ4n) is 1.16. The lowest BCUT2D eigenvalue weighted by Crippen LogP contribution is -1.99. The van der Waals surface area contributed by atoms with Gasteiger partial charge in [-0.1, -0.05) is 12.1 Å². The number of nitrogens with one attached hydrogen (secondary N) is 1. The second-order valence-electron chi connectivity index (χ2n) is 2.74. The molecule has 0 aliphatic rings. The van der Waals surface area contributed by atoms with E-state index in [0.717, 1.165) is 16.9 Å². The summed E-state index contributed by atoms with van der Waals surface area (Å²) >= 11 is 0. The van der Waals surface area contributed by atoms with Crippen LogP contribution in [0.15, 0.2) is 12.1 Å². The first kappa shape index (κ1) is 7.92. The first-order valence-corrected chi connectivity index (χ1v) is 3.70. The van der Waals surface area contributed by atoms with Gasteiger partial charge in [-0.25, -0.2) is 0 Å². The molecule has 0 unspecified atom stereocenters. The highest BCUT2D eigenvalue weighted by molar-refractivity contribution is 5.72. The van der Waals surface area contributed by atoms with E-state index in [1.54, 1.807) is 0 Å². The van der Waals surface area contributed by atoms with E-state index in [1.807, 2.05) is 27.0 Å². The molecule has 1 rings (SSSR count). The van der Waals surface area contributed by atoms with Gasteiger partial charge in [-0.15, -0.1) is 0 Å². The molecule has 2 nitrogen and oxygen atoms in total. The summed E-state index contributed by atoms with van der Waals surface area (Å²) in [5.74, 6) is 0. The average Bonchev–Trinajstić information content (AvgIpc) is 1.99. The lowest BCUT2D eigenvalue weighted by Gasteiger charge is -2.10. The minimum Gasteiger partial charge on any atom is -0.397 e. The lowest BCUT2D eigenvalue weighted by molar-refractivity contribution is 1.36. The summed E-state index contributed by atoms with van der Waals surface area (Å²) in [6, 6.07) is 4.10. The number of benzene rings is 1. The van der Waals surface area contributed by atoms with Crippen molar-refractivity contribution < 1.29 is 0 Å². The van der Waals surface area contributed by atoms with Crippen LogP contribution in [0, 0.1) is 13.8 Å². The van der Waals surface area contributed by atoms with Crippen LogP contribution in [0.1, 0.15) is 11.1 Å². The Kier molecular flexibility index (Phi) is 2.03. The second kappa shape index (κ2) is 2.82. The van der Waals surface area contributed by atoms with Crippen molar-refractivity contribution in [3.05, 3.63) is 23.3 Å². The zero-order valence-corrected chi connectivity index (χ0v) is 7.23. The largest absolute Gasteiger partial charge is 0.397 e. The fraction of sp³-hybridized carbons (Fsp3) is 0.333. The van der Waals surface area contributed by atoms with Crippen LogP contribution < -0.4 is 11.1 Å². The molecule has 0 atom stereocenters. The molecule has 0 spiro atoms. The summed E-state index contributed by atoms with van der Waals surface area (Å²) in [6.07, 6.45) is 0. The molecule has 0 amide bonds. The van der Waals surface area contributed by atoms with E-state index in [-0.39, 0.29) is 0 Å². The van der Waals surface area contributed by atoms with E-state index in [0.29, 0.717) is 0 Å². The molecule has 0 fully saturated rings. The topological polar surface area (TPSA) is 38.0 Å². The molecule has 0 bridgehead atoms. The van der Waals surface area contributed by atoms with Gasteiger partial charge >= 0.3 is 0 Å². The van der Waals surface area contributed by atoms with Gasteiger partial charge in [0.25, 0.3) is 0 Å². The van der Waals surface area contributed by atoms with E-state index in [2.05, 4.69) is 11.4 Å². The number of aryl methyl sites for hydroxylation is 2. The molecule has 0 saturated carbocycles. The minimum absolute atomic E-state index is 0.854. The van der Waals surface area contributed by atoms with Crippen LogP contribution in [0.3, 0.4) is 0 Å². The highest BCUT2D eigenvalue weighted by Crippen LogP contribution is 2.25. The predicted octanol–water partition coefficient (Wildman–Crippen LogP) is 1.93. The number of hydrogen-bond donors (Lipinski definition) is 2. The molecule has 0 heterocycles. The highest BCUT2D eigenvalue weighted by Gasteiger charge is 2.01. The highest BCUT2D eigenvalue weighted by atomic mass is 14.9. The standard InChI is InChI=1S/C9H14N2/c1-6-4-5-7(2)9(11-3)8(6)10/h4-5,11H,10H2,1-3H3. The van der Waals surface area contributed by atoms with Crippen molar-refractivity contribution in [3.63, 3.8) is 0 Å². The predicted molar refractivity (Wildman–Crippen MR) is 49.9 cm³/mol. The SMILES string of the molecule is CNc1c(C)ccc(C)c1N. The molecular weight excluding hydrogens is 136 g/mol. The third kappa shape index (κ3) is 1.29. The van der Waals surface area contributed by atoms with E-state index >= 15 is 0 Å². The van der Waals surface area contributed by atoms with Crippen molar-refractivity contribution in [2.75, 3.05) is 18.1 Å². The molecule has 0 radical (unpaired) electrons. The third-order valence-electron chi connectivity index (χ3n) is 1.92. The quantitative estimate of drug-likeness (QED) is 0.600. The summed E-state index contributed by atoms with van der Waals surface area (Å²) < 4.78 is 0. The lowest BCUT2D eigenvalue weighted by atomic mass is 10.1. The van der Waals surface area contributed by atoms with Crippen molar-refractivity contribution in [3.8, 4) is 0 Å². The summed E-state index contributed by atoms with van der Waals surface area (Å²) in [4.78, 5) is 0. The number of nitrogens with two attached hydrogens (primary N) is 1. The number of anilines is 2. The van der Waals surface area contributed by atoms with E-state index < -0.39 is 0 Å². The van der Waals surface area contributed by atoms with Gasteiger partial charge in [0.2, 0.25) is 0 Å². The van der Waals surface area contributed by atoms with Gasteiger partial charge in [0, 0.05) is 7.05 Å². The maximum Gasteiger partial charge on any atom is 0.0603 e. The molecular formula is C9H14N2. The van der Waals surface area contributed by atoms with E-state index in [1.165, 1.54) is 5.56 Å². The zero-order chi connectivity index (χ0) is 8.43. The Morgan fingerprint density at radius 3 is 2.18 bits per heavy atom. The van der Waals surface area contributed by atoms with Gasteiger partial charge in [-0.05, 0) is 25.0 Å². The Bertz CT molecular complexity index is 267. The van der Waals surface area contributed by atoms with Crippen LogP contribution >= 0.6 is 0 Å². The van der Waals surface area contributed by atoms with Gasteiger partial charge in [-0.2, -0.15) is 0 Å². The molecule has 0 aliphatic carbocycles. The Labute approximate surface area is 67.4 Å². The van der Waals surface area contributed by atoms with Crippen LogP contribution in [-0.2, 0) is 0 Å². The Morgan fingerprint density at radius 1 is 1.18 bits per heavy atom. The average molecular weight is 150 g/mol. The minimum atomic E-state index is 0.854. The molecule has 0 saturated heterocycles. The molecule has 2 heteroatoms. The normalized spacial score (nSPS) is 9.73. The maximum atomic E-state index is 5.83. The van der Waals surface area contributed by atoms with Gasteiger partial charge in [0.05, 0.1) is 11.4 Å². The monoisotopic (exact) mass is 150 g/mol. The van der Waals surface area contributed by atoms with E-state index in [4.69, 9.17) is 5.73 Å². The summed E-state index contributed by atoms with van der Waals surface area (Å²) in [7, 11) is 1.89. The molecule has 60 valence electrons. The first-order chi connectivity index (χ1) is 5.16. The second-order valence-corrected chi connectivity index (χ2v) is 2.74. The molecule has 1 aromatic rings. The number of hydrogen-bond acceptors (Lipinski definition) is 2. The first-order valence-electron chi connectivity index (χ1n) is 3.70. The van der Waals surface area contributed by atoms with Crippen molar-refractivity contribution in [2.45, 2.75) is 13.8 Å². The van der Waals surface area contributed by atoms with Gasteiger partial charge < -0.3 is 11.1 Å². The van der Waals surface area contributed by atoms with Gasteiger partial charge in [0.1, 0.15) is 0 Å². The third-order valence-corrected chi connectivity index (χ3v) is 1.92. The summed E-state index contributed by atoms with van der Waals surface area (Å²) in [5, 5.41) is 3.08.